The molecule has 0 aliphatic rings. The summed E-state index contributed by atoms with van der Waals surface area (Å²) >= 11 is 1.73. The Bertz CT molecular complexity index is 247. The van der Waals surface area contributed by atoms with Crippen LogP contribution < -0.4 is 5.32 Å². The number of hydrogen-bond acceptors (Lipinski definition) is 3. The summed E-state index contributed by atoms with van der Waals surface area (Å²) in [6.07, 6.45) is 0. The monoisotopic (exact) mass is 199 g/mol. The molecular weight excluding hydrogens is 182 g/mol. The third-order valence-corrected chi connectivity index (χ3v) is 2.69. The van der Waals surface area contributed by atoms with E-state index in [9.17, 15) is 0 Å². The molecule has 0 aliphatic carbocycles. The van der Waals surface area contributed by atoms with Gasteiger partial charge in [-0.15, -0.1) is 11.3 Å². The van der Waals surface area contributed by atoms with Crippen LogP contribution in [-0.2, 0) is 4.74 Å². The van der Waals surface area contributed by atoms with Crippen molar-refractivity contribution < 1.29 is 4.74 Å². The number of hydrogen-bond donors (Lipinski definition) is 1. The summed E-state index contributed by atoms with van der Waals surface area (Å²) in [5.74, 6) is 0. The van der Waals surface area contributed by atoms with E-state index in [1.54, 1.807) is 11.3 Å². The molecule has 1 unspecified atom stereocenters. The molecule has 1 rings (SSSR count). The summed E-state index contributed by atoms with van der Waals surface area (Å²) in [4.78, 5) is 0. The maximum Gasteiger partial charge on any atom is 0.0664 e. The third-order valence-electron chi connectivity index (χ3n) is 1.83. The van der Waals surface area contributed by atoms with Crippen molar-refractivity contribution in [3.05, 3.63) is 16.3 Å². The fourth-order valence-electron chi connectivity index (χ4n) is 1.11. The van der Waals surface area contributed by atoms with Crippen LogP contribution in [0.4, 0.5) is 5.69 Å². The fraction of sp³-hybridized carbons (Fsp3) is 0.600. The summed E-state index contributed by atoms with van der Waals surface area (Å²) in [7, 11) is 0. The van der Waals surface area contributed by atoms with Crippen LogP contribution in [0.5, 0.6) is 0 Å². The Morgan fingerprint density at radius 2 is 2.31 bits per heavy atom. The molecule has 3 heteroatoms. The van der Waals surface area contributed by atoms with Crippen LogP contribution in [0.2, 0.25) is 0 Å². The topological polar surface area (TPSA) is 21.3 Å². The second-order valence-corrected chi connectivity index (χ2v) is 3.92. The van der Waals surface area contributed by atoms with Crippen molar-refractivity contribution in [2.75, 3.05) is 18.5 Å². The summed E-state index contributed by atoms with van der Waals surface area (Å²) in [6.45, 7) is 7.82. The van der Waals surface area contributed by atoms with Crippen LogP contribution >= 0.6 is 11.3 Å². The van der Waals surface area contributed by atoms with E-state index in [1.165, 1.54) is 11.3 Å². The van der Waals surface area contributed by atoms with Gasteiger partial charge in [0, 0.05) is 23.7 Å². The Hall–Kier alpha value is -0.540. The van der Waals surface area contributed by atoms with E-state index in [1.807, 2.05) is 6.92 Å². The highest BCUT2D eigenvalue weighted by atomic mass is 32.1. The molecule has 0 spiro atoms. The van der Waals surface area contributed by atoms with E-state index in [0.29, 0.717) is 6.04 Å². The van der Waals surface area contributed by atoms with Gasteiger partial charge in [-0.25, -0.2) is 0 Å². The third kappa shape index (κ3) is 3.36. The van der Waals surface area contributed by atoms with Crippen molar-refractivity contribution in [3.63, 3.8) is 0 Å². The molecule has 1 atom stereocenters. The minimum absolute atomic E-state index is 0.383. The molecule has 0 aliphatic heterocycles. The molecule has 0 amide bonds. The van der Waals surface area contributed by atoms with Crippen molar-refractivity contribution >= 4 is 17.0 Å². The molecule has 1 aromatic rings. The van der Waals surface area contributed by atoms with Gasteiger partial charge in [-0.05, 0) is 31.7 Å². The van der Waals surface area contributed by atoms with E-state index in [4.69, 9.17) is 4.74 Å². The van der Waals surface area contributed by atoms with Gasteiger partial charge in [-0.3, -0.25) is 0 Å². The molecule has 0 aromatic carbocycles. The van der Waals surface area contributed by atoms with Gasteiger partial charge in [0.25, 0.3) is 0 Å². The van der Waals surface area contributed by atoms with Crippen LogP contribution in [0.3, 0.4) is 0 Å². The first kappa shape index (κ1) is 10.5. The average molecular weight is 199 g/mol. The predicted molar refractivity (Wildman–Crippen MR) is 58.6 cm³/mol. The molecule has 74 valence electrons. The largest absolute Gasteiger partial charge is 0.380 e. The standard InChI is InChI=1S/C10H17NOS/c1-4-12-5-9(3)11-10-7-13-6-8(10)2/h6-7,9,11H,4-5H2,1-3H3. The van der Waals surface area contributed by atoms with Gasteiger partial charge in [0.15, 0.2) is 0 Å². The van der Waals surface area contributed by atoms with Crippen LogP contribution in [-0.4, -0.2) is 19.3 Å². The second kappa shape index (κ2) is 5.25. The minimum atomic E-state index is 0.383. The molecule has 13 heavy (non-hydrogen) atoms. The van der Waals surface area contributed by atoms with E-state index in [2.05, 4.69) is 29.9 Å². The molecule has 0 fully saturated rings. The van der Waals surface area contributed by atoms with E-state index < -0.39 is 0 Å². The number of rotatable bonds is 5. The zero-order valence-electron chi connectivity index (χ0n) is 8.46. The zero-order valence-corrected chi connectivity index (χ0v) is 9.28. The summed E-state index contributed by atoms with van der Waals surface area (Å²) < 4.78 is 5.32. The number of ether oxygens (including phenoxy) is 1. The highest BCUT2D eigenvalue weighted by molar-refractivity contribution is 7.08. The van der Waals surface area contributed by atoms with Gasteiger partial charge in [0.05, 0.1) is 6.61 Å². The maximum absolute atomic E-state index is 5.32. The van der Waals surface area contributed by atoms with Gasteiger partial charge in [-0.2, -0.15) is 0 Å². The average Bonchev–Trinajstić information content (AvgIpc) is 2.48. The molecule has 0 radical (unpaired) electrons. The molecule has 0 bridgehead atoms. The van der Waals surface area contributed by atoms with Crippen LogP contribution in [0.15, 0.2) is 10.8 Å². The van der Waals surface area contributed by atoms with Crippen molar-refractivity contribution in [3.8, 4) is 0 Å². The second-order valence-electron chi connectivity index (χ2n) is 3.17. The molecule has 1 heterocycles. The lowest BCUT2D eigenvalue weighted by molar-refractivity contribution is 0.141. The Morgan fingerprint density at radius 3 is 2.85 bits per heavy atom. The Morgan fingerprint density at radius 1 is 1.54 bits per heavy atom. The molecule has 0 saturated heterocycles. The normalized spacial score (nSPS) is 12.8. The van der Waals surface area contributed by atoms with E-state index in [0.717, 1.165) is 13.2 Å². The van der Waals surface area contributed by atoms with Crippen LogP contribution in [0.1, 0.15) is 19.4 Å². The highest BCUT2D eigenvalue weighted by Crippen LogP contribution is 2.19. The quantitative estimate of drug-likeness (QED) is 0.787. The lowest BCUT2D eigenvalue weighted by Gasteiger charge is -2.14. The van der Waals surface area contributed by atoms with Crippen molar-refractivity contribution in [2.24, 2.45) is 0 Å². The van der Waals surface area contributed by atoms with Gasteiger partial charge < -0.3 is 10.1 Å². The van der Waals surface area contributed by atoms with E-state index in [-0.39, 0.29) is 0 Å². The first-order valence-corrected chi connectivity index (χ1v) is 5.55. The highest BCUT2D eigenvalue weighted by Gasteiger charge is 2.03. The molecule has 0 saturated carbocycles. The summed E-state index contributed by atoms with van der Waals surface area (Å²) in [6, 6.07) is 0.383. The zero-order chi connectivity index (χ0) is 9.68. The van der Waals surface area contributed by atoms with Gasteiger partial charge in [0.2, 0.25) is 0 Å². The first-order chi connectivity index (χ1) is 6.24. The Balaban J connectivity index is 2.36. The Kier molecular flexibility index (Phi) is 4.25. The fourth-order valence-corrected chi connectivity index (χ4v) is 1.90. The van der Waals surface area contributed by atoms with E-state index >= 15 is 0 Å². The Labute approximate surface area is 83.9 Å². The molecule has 1 aromatic heterocycles. The minimum Gasteiger partial charge on any atom is -0.380 e. The van der Waals surface area contributed by atoms with Gasteiger partial charge in [0.1, 0.15) is 0 Å². The lowest BCUT2D eigenvalue weighted by Crippen LogP contribution is -2.21. The molecular formula is C10H17NOS. The number of nitrogens with one attached hydrogen (secondary N) is 1. The lowest BCUT2D eigenvalue weighted by atomic mass is 10.3. The van der Waals surface area contributed by atoms with Crippen molar-refractivity contribution in [2.45, 2.75) is 26.8 Å². The smallest absolute Gasteiger partial charge is 0.0664 e. The van der Waals surface area contributed by atoms with Crippen LogP contribution in [0.25, 0.3) is 0 Å². The summed E-state index contributed by atoms with van der Waals surface area (Å²) in [5.41, 5.74) is 2.55. The van der Waals surface area contributed by atoms with Crippen molar-refractivity contribution in [1.29, 1.82) is 0 Å². The van der Waals surface area contributed by atoms with Crippen molar-refractivity contribution in [1.82, 2.24) is 0 Å². The summed E-state index contributed by atoms with van der Waals surface area (Å²) in [5, 5.41) is 7.70. The van der Waals surface area contributed by atoms with Gasteiger partial charge in [-0.1, -0.05) is 0 Å². The molecule has 2 nitrogen and oxygen atoms in total. The predicted octanol–water partition coefficient (Wildman–Crippen LogP) is 2.89. The number of thiophene rings is 1. The molecule has 1 N–H and O–H groups in total. The first-order valence-electron chi connectivity index (χ1n) is 4.61. The maximum atomic E-state index is 5.32. The SMILES string of the molecule is CCOCC(C)Nc1cscc1C. The van der Waals surface area contributed by atoms with Crippen LogP contribution in [0, 0.1) is 6.92 Å². The van der Waals surface area contributed by atoms with Gasteiger partial charge >= 0.3 is 0 Å². The number of anilines is 1. The number of aryl methyl sites for hydroxylation is 1.